The number of aromatic hydroxyl groups is 1. The van der Waals surface area contributed by atoms with Crippen LogP contribution in [0.3, 0.4) is 0 Å². The predicted octanol–water partition coefficient (Wildman–Crippen LogP) is 1.83. The molecule has 3 nitrogen and oxygen atoms in total. The number of aromatic amines is 1. The van der Waals surface area contributed by atoms with Crippen molar-refractivity contribution in [3.05, 3.63) is 24.0 Å². The minimum atomic E-state index is 0.272. The van der Waals surface area contributed by atoms with Gasteiger partial charge in [-0.05, 0) is 12.1 Å². The van der Waals surface area contributed by atoms with E-state index in [2.05, 4.69) is 9.97 Å². The van der Waals surface area contributed by atoms with Crippen molar-refractivity contribution in [3.63, 3.8) is 0 Å². The molecule has 12 heavy (non-hydrogen) atoms. The molecular weight excluding hydrogens is 152 g/mol. The number of phenols is 1. The zero-order valence-corrected chi connectivity index (χ0v) is 6.83. The van der Waals surface area contributed by atoms with Crippen molar-refractivity contribution in [2.45, 2.75) is 13.3 Å². The monoisotopic (exact) mass is 162 g/mol. The third-order valence-corrected chi connectivity index (χ3v) is 1.85. The van der Waals surface area contributed by atoms with Crippen LogP contribution in [-0.4, -0.2) is 15.1 Å². The van der Waals surface area contributed by atoms with Crippen LogP contribution in [0.1, 0.15) is 12.7 Å². The standard InChI is InChI=1S/C9H10N2O/c1-2-9-10-7-4-3-6(12)5-8(7)11-9/h3-5,12H,2H2,1H3,(H,10,11). The molecule has 0 bridgehead atoms. The third kappa shape index (κ3) is 1.03. The number of imidazole rings is 1. The molecule has 0 aliphatic rings. The van der Waals surface area contributed by atoms with Crippen LogP contribution in [-0.2, 0) is 6.42 Å². The number of rotatable bonds is 1. The zero-order chi connectivity index (χ0) is 8.55. The van der Waals surface area contributed by atoms with Gasteiger partial charge in [-0.3, -0.25) is 0 Å². The number of nitrogens with one attached hydrogen (secondary N) is 1. The van der Waals surface area contributed by atoms with Crippen molar-refractivity contribution in [1.82, 2.24) is 9.97 Å². The Morgan fingerprint density at radius 3 is 3.08 bits per heavy atom. The molecule has 0 aliphatic carbocycles. The van der Waals surface area contributed by atoms with Gasteiger partial charge in [0.2, 0.25) is 0 Å². The molecule has 0 unspecified atom stereocenters. The highest BCUT2D eigenvalue weighted by molar-refractivity contribution is 5.76. The Labute approximate surface area is 70.1 Å². The van der Waals surface area contributed by atoms with Gasteiger partial charge in [0, 0.05) is 12.5 Å². The molecule has 2 N–H and O–H groups in total. The second kappa shape index (κ2) is 2.52. The number of hydrogen-bond acceptors (Lipinski definition) is 2. The first kappa shape index (κ1) is 7.16. The Kier molecular flexibility index (Phi) is 1.50. The first-order valence-corrected chi connectivity index (χ1v) is 3.97. The van der Waals surface area contributed by atoms with E-state index in [4.69, 9.17) is 5.11 Å². The van der Waals surface area contributed by atoms with Gasteiger partial charge in [0.15, 0.2) is 0 Å². The number of hydrogen-bond donors (Lipinski definition) is 2. The summed E-state index contributed by atoms with van der Waals surface area (Å²) in [5.74, 6) is 1.23. The van der Waals surface area contributed by atoms with Gasteiger partial charge in [-0.2, -0.15) is 0 Å². The molecule has 1 aromatic heterocycles. The summed E-state index contributed by atoms with van der Waals surface area (Å²) < 4.78 is 0. The van der Waals surface area contributed by atoms with Gasteiger partial charge in [-0.25, -0.2) is 4.98 Å². The van der Waals surface area contributed by atoms with Crippen LogP contribution in [0, 0.1) is 0 Å². The summed E-state index contributed by atoms with van der Waals surface area (Å²) in [7, 11) is 0. The Hall–Kier alpha value is -1.51. The number of fused-ring (bicyclic) bond motifs is 1. The predicted molar refractivity (Wildman–Crippen MR) is 47.1 cm³/mol. The van der Waals surface area contributed by atoms with Crippen molar-refractivity contribution in [2.75, 3.05) is 0 Å². The summed E-state index contributed by atoms with van der Waals surface area (Å²) in [6.07, 6.45) is 0.884. The van der Waals surface area contributed by atoms with Gasteiger partial charge in [0.1, 0.15) is 11.6 Å². The molecular formula is C9H10N2O. The number of phenolic OH excluding ortho intramolecular Hbond substituents is 1. The summed E-state index contributed by atoms with van der Waals surface area (Å²) in [4.78, 5) is 7.42. The van der Waals surface area contributed by atoms with E-state index in [1.807, 2.05) is 6.92 Å². The molecule has 0 saturated heterocycles. The lowest BCUT2D eigenvalue weighted by atomic mass is 10.3. The summed E-state index contributed by atoms with van der Waals surface area (Å²) >= 11 is 0. The highest BCUT2D eigenvalue weighted by atomic mass is 16.3. The lowest BCUT2D eigenvalue weighted by Gasteiger charge is -1.88. The van der Waals surface area contributed by atoms with E-state index in [0.29, 0.717) is 0 Å². The molecule has 0 spiro atoms. The minimum absolute atomic E-state index is 0.272. The Balaban J connectivity index is 2.67. The highest BCUT2D eigenvalue weighted by Crippen LogP contribution is 2.17. The molecule has 2 rings (SSSR count). The first-order chi connectivity index (χ1) is 5.79. The molecule has 1 aromatic carbocycles. The van der Waals surface area contributed by atoms with Crippen LogP contribution in [0.4, 0.5) is 0 Å². The van der Waals surface area contributed by atoms with Crippen molar-refractivity contribution in [3.8, 4) is 5.75 Å². The number of aryl methyl sites for hydroxylation is 1. The summed E-state index contributed by atoms with van der Waals surface area (Å²) in [5, 5.41) is 9.16. The molecule has 1 heterocycles. The molecule has 0 aliphatic heterocycles. The summed E-state index contributed by atoms with van der Waals surface area (Å²) in [6.45, 7) is 2.04. The molecule has 62 valence electrons. The molecule has 0 saturated carbocycles. The molecule has 2 aromatic rings. The first-order valence-electron chi connectivity index (χ1n) is 3.97. The van der Waals surface area contributed by atoms with Gasteiger partial charge in [-0.15, -0.1) is 0 Å². The van der Waals surface area contributed by atoms with E-state index < -0.39 is 0 Å². The summed E-state index contributed by atoms with van der Waals surface area (Å²) in [6, 6.07) is 5.13. The van der Waals surface area contributed by atoms with E-state index in [0.717, 1.165) is 23.3 Å². The van der Waals surface area contributed by atoms with Crippen LogP contribution in [0.5, 0.6) is 5.75 Å². The fourth-order valence-electron chi connectivity index (χ4n) is 1.22. The van der Waals surface area contributed by atoms with Gasteiger partial charge in [-0.1, -0.05) is 6.92 Å². The number of nitrogens with zero attached hydrogens (tertiary/aromatic N) is 1. The fraction of sp³-hybridized carbons (Fsp3) is 0.222. The van der Waals surface area contributed by atoms with E-state index in [9.17, 15) is 0 Å². The Morgan fingerprint density at radius 1 is 1.50 bits per heavy atom. The SMILES string of the molecule is CCc1nc2ccc(O)cc2[nH]1. The second-order valence-electron chi connectivity index (χ2n) is 2.74. The number of aromatic nitrogens is 2. The molecule has 3 heteroatoms. The normalized spacial score (nSPS) is 10.8. The maximum Gasteiger partial charge on any atom is 0.117 e. The maximum atomic E-state index is 9.16. The van der Waals surface area contributed by atoms with E-state index in [1.54, 1.807) is 18.2 Å². The highest BCUT2D eigenvalue weighted by Gasteiger charge is 2.00. The number of H-pyrrole nitrogens is 1. The quantitative estimate of drug-likeness (QED) is 0.672. The summed E-state index contributed by atoms with van der Waals surface area (Å²) in [5.41, 5.74) is 1.80. The van der Waals surface area contributed by atoms with Crippen molar-refractivity contribution >= 4 is 11.0 Å². The smallest absolute Gasteiger partial charge is 0.117 e. The van der Waals surface area contributed by atoms with Crippen LogP contribution in [0.2, 0.25) is 0 Å². The van der Waals surface area contributed by atoms with Crippen molar-refractivity contribution in [1.29, 1.82) is 0 Å². The van der Waals surface area contributed by atoms with Crippen molar-refractivity contribution < 1.29 is 5.11 Å². The molecule has 0 fully saturated rings. The van der Waals surface area contributed by atoms with Crippen LogP contribution in [0.15, 0.2) is 18.2 Å². The topological polar surface area (TPSA) is 48.9 Å². The Bertz CT molecular complexity index is 406. The largest absolute Gasteiger partial charge is 0.508 e. The molecule has 0 radical (unpaired) electrons. The fourth-order valence-corrected chi connectivity index (χ4v) is 1.22. The Morgan fingerprint density at radius 2 is 2.33 bits per heavy atom. The average Bonchev–Trinajstić information content (AvgIpc) is 2.46. The zero-order valence-electron chi connectivity index (χ0n) is 6.83. The third-order valence-electron chi connectivity index (χ3n) is 1.85. The molecule has 0 atom stereocenters. The van der Waals surface area contributed by atoms with Crippen molar-refractivity contribution in [2.24, 2.45) is 0 Å². The van der Waals surface area contributed by atoms with Gasteiger partial charge in [0.25, 0.3) is 0 Å². The maximum absolute atomic E-state index is 9.16. The minimum Gasteiger partial charge on any atom is -0.508 e. The second-order valence-corrected chi connectivity index (χ2v) is 2.74. The van der Waals surface area contributed by atoms with E-state index in [1.165, 1.54) is 0 Å². The number of benzene rings is 1. The average molecular weight is 162 g/mol. The van der Waals surface area contributed by atoms with Crippen LogP contribution < -0.4 is 0 Å². The van der Waals surface area contributed by atoms with E-state index in [-0.39, 0.29) is 5.75 Å². The van der Waals surface area contributed by atoms with Gasteiger partial charge >= 0.3 is 0 Å². The van der Waals surface area contributed by atoms with Gasteiger partial charge in [0.05, 0.1) is 11.0 Å². The van der Waals surface area contributed by atoms with E-state index >= 15 is 0 Å². The van der Waals surface area contributed by atoms with Crippen LogP contribution >= 0.6 is 0 Å². The lowest BCUT2D eigenvalue weighted by molar-refractivity contribution is 0.476. The van der Waals surface area contributed by atoms with Crippen LogP contribution in [0.25, 0.3) is 11.0 Å². The van der Waals surface area contributed by atoms with Gasteiger partial charge < -0.3 is 10.1 Å². The molecule has 0 amide bonds. The lowest BCUT2D eigenvalue weighted by Crippen LogP contribution is -1.79.